The Hall–Kier alpha value is -2.53. The summed E-state index contributed by atoms with van der Waals surface area (Å²) in [6.45, 7) is 0.371. The summed E-state index contributed by atoms with van der Waals surface area (Å²) in [4.78, 5) is 9.11. The van der Waals surface area contributed by atoms with Crippen LogP contribution in [-0.4, -0.2) is 42.7 Å². The zero-order valence-electron chi connectivity index (χ0n) is 17.9. The number of benzene rings is 1. The van der Waals surface area contributed by atoms with Crippen LogP contribution < -0.4 is 15.2 Å². The SMILES string of the molecule is CO[C@H]1Cc2ccccc2[C@H]1Nc1ncnc2c1ccn2[C@H]1CC[C@H](CNS(N)(=O)=O)C1. The average molecular weight is 457 g/mol. The van der Waals surface area contributed by atoms with E-state index >= 15 is 0 Å². The third kappa shape index (κ3) is 4.11. The van der Waals surface area contributed by atoms with Crippen LogP contribution in [0.3, 0.4) is 0 Å². The van der Waals surface area contributed by atoms with Crippen molar-refractivity contribution in [2.75, 3.05) is 19.0 Å². The Bertz CT molecular complexity index is 1230. The van der Waals surface area contributed by atoms with E-state index in [9.17, 15) is 8.42 Å². The molecule has 0 saturated heterocycles. The maximum absolute atomic E-state index is 11.2. The molecule has 32 heavy (non-hydrogen) atoms. The van der Waals surface area contributed by atoms with Gasteiger partial charge in [-0.15, -0.1) is 0 Å². The summed E-state index contributed by atoms with van der Waals surface area (Å²) in [6.07, 6.45) is 7.35. The molecule has 10 heteroatoms. The number of rotatable bonds is 7. The molecule has 0 amide bonds. The highest BCUT2D eigenvalue weighted by atomic mass is 32.2. The maximum Gasteiger partial charge on any atom is 0.274 e. The third-order valence-corrected chi connectivity index (χ3v) is 7.34. The Kier molecular flexibility index (Phi) is 5.62. The van der Waals surface area contributed by atoms with Crippen molar-refractivity contribution in [3.8, 4) is 0 Å². The standard InChI is InChI=1S/C22H28N6O3S/c1-31-19-11-15-4-2-3-5-17(15)20(19)27-21-18-8-9-28(22(18)25-13-24-21)16-7-6-14(10-16)12-26-32(23,29)30/h2-5,8-9,13-14,16,19-20,26H,6-7,10-12H2,1H3,(H2,23,29,30)(H,24,25,27)/t14-,16-,19-,20+/m0/s1. The summed E-state index contributed by atoms with van der Waals surface area (Å²) in [5.74, 6) is 1.05. The van der Waals surface area contributed by atoms with Crippen LogP contribution in [0.5, 0.6) is 0 Å². The summed E-state index contributed by atoms with van der Waals surface area (Å²) in [7, 11) is -1.91. The molecule has 2 aliphatic rings. The van der Waals surface area contributed by atoms with Crippen LogP contribution >= 0.6 is 0 Å². The number of ether oxygens (including phenoxy) is 1. The van der Waals surface area contributed by atoms with Crippen molar-refractivity contribution < 1.29 is 13.2 Å². The predicted octanol–water partition coefficient (Wildman–Crippen LogP) is 2.29. The molecule has 0 bridgehead atoms. The molecule has 2 heterocycles. The van der Waals surface area contributed by atoms with Gasteiger partial charge in [-0.3, -0.25) is 0 Å². The van der Waals surface area contributed by atoms with Gasteiger partial charge in [0.25, 0.3) is 10.2 Å². The predicted molar refractivity (Wildman–Crippen MR) is 122 cm³/mol. The minimum Gasteiger partial charge on any atom is -0.379 e. The fourth-order valence-corrected chi connectivity index (χ4v) is 5.67. The van der Waals surface area contributed by atoms with Gasteiger partial charge in [0.1, 0.15) is 17.8 Å². The fraction of sp³-hybridized carbons (Fsp3) is 0.455. The molecule has 0 radical (unpaired) electrons. The highest BCUT2D eigenvalue weighted by Gasteiger charge is 2.33. The first kappa shape index (κ1) is 21.3. The van der Waals surface area contributed by atoms with Crippen LogP contribution in [-0.2, 0) is 21.4 Å². The molecule has 1 fully saturated rings. The van der Waals surface area contributed by atoms with Crippen LogP contribution in [0.25, 0.3) is 11.0 Å². The number of nitrogens with zero attached hydrogens (tertiary/aromatic N) is 3. The maximum atomic E-state index is 11.2. The van der Waals surface area contributed by atoms with Gasteiger partial charge in [0, 0.05) is 32.3 Å². The van der Waals surface area contributed by atoms with Crippen LogP contribution in [0.2, 0.25) is 0 Å². The van der Waals surface area contributed by atoms with Crippen molar-refractivity contribution in [3.05, 3.63) is 54.0 Å². The van der Waals surface area contributed by atoms with Gasteiger partial charge in [-0.05, 0) is 42.4 Å². The number of methoxy groups -OCH3 is 1. The minimum absolute atomic E-state index is 0.0257. The molecule has 0 aliphatic heterocycles. The normalized spacial score (nSPS) is 25.3. The molecule has 4 atom stereocenters. The zero-order chi connectivity index (χ0) is 22.3. The van der Waals surface area contributed by atoms with Gasteiger partial charge in [-0.25, -0.2) is 19.8 Å². The van der Waals surface area contributed by atoms with Crippen LogP contribution in [0.1, 0.15) is 42.5 Å². The highest BCUT2D eigenvalue weighted by molar-refractivity contribution is 7.87. The first-order valence-electron chi connectivity index (χ1n) is 10.9. The van der Waals surface area contributed by atoms with Gasteiger partial charge in [-0.2, -0.15) is 8.42 Å². The number of hydrogen-bond donors (Lipinski definition) is 3. The quantitative estimate of drug-likeness (QED) is 0.501. The lowest BCUT2D eigenvalue weighted by Crippen LogP contribution is -2.34. The van der Waals surface area contributed by atoms with E-state index in [4.69, 9.17) is 9.88 Å². The summed E-state index contributed by atoms with van der Waals surface area (Å²) in [5.41, 5.74) is 3.42. The largest absolute Gasteiger partial charge is 0.379 e. The number of nitrogens with one attached hydrogen (secondary N) is 2. The van der Waals surface area contributed by atoms with Crippen LogP contribution in [0, 0.1) is 5.92 Å². The average Bonchev–Trinajstić information content (AvgIpc) is 3.49. The third-order valence-electron chi connectivity index (χ3n) is 6.77. The summed E-state index contributed by atoms with van der Waals surface area (Å²) in [5, 5.41) is 9.65. The van der Waals surface area contributed by atoms with Crippen LogP contribution in [0.15, 0.2) is 42.9 Å². The number of nitrogens with two attached hydrogens (primary N) is 1. The second kappa shape index (κ2) is 8.43. The van der Waals surface area contributed by atoms with Crippen molar-refractivity contribution in [2.45, 2.75) is 43.9 Å². The molecular weight excluding hydrogens is 428 g/mol. The zero-order valence-corrected chi connectivity index (χ0v) is 18.8. The molecular formula is C22H28N6O3S. The highest BCUT2D eigenvalue weighted by Crippen LogP contribution is 2.39. The van der Waals surface area contributed by atoms with Crippen LogP contribution in [0.4, 0.5) is 5.82 Å². The Labute approximate surface area is 187 Å². The first-order chi connectivity index (χ1) is 15.4. The smallest absolute Gasteiger partial charge is 0.274 e. The topological polar surface area (TPSA) is 124 Å². The van der Waals surface area contributed by atoms with Crippen molar-refractivity contribution >= 4 is 27.1 Å². The molecule has 9 nitrogen and oxygen atoms in total. The second-order valence-corrected chi connectivity index (χ2v) is 10.1. The van der Waals surface area contributed by atoms with E-state index in [1.165, 1.54) is 11.1 Å². The molecule has 1 saturated carbocycles. The molecule has 0 spiro atoms. The second-order valence-electron chi connectivity index (χ2n) is 8.71. The summed E-state index contributed by atoms with van der Waals surface area (Å²) in [6, 6.07) is 10.7. The van der Waals surface area contributed by atoms with Crippen molar-refractivity contribution in [2.24, 2.45) is 11.1 Å². The number of aromatic nitrogens is 3. The van der Waals surface area contributed by atoms with Gasteiger partial charge in [-0.1, -0.05) is 24.3 Å². The summed E-state index contributed by atoms with van der Waals surface area (Å²) < 4.78 is 32.8. The summed E-state index contributed by atoms with van der Waals surface area (Å²) >= 11 is 0. The van der Waals surface area contributed by atoms with Gasteiger partial charge < -0.3 is 14.6 Å². The van der Waals surface area contributed by atoms with Gasteiger partial charge >= 0.3 is 0 Å². The first-order valence-corrected chi connectivity index (χ1v) is 12.4. The molecule has 2 aromatic heterocycles. The molecule has 1 aromatic carbocycles. The van der Waals surface area contributed by atoms with E-state index in [0.717, 1.165) is 42.5 Å². The Morgan fingerprint density at radius 1 is 1.22 bits per heavy atom. The van der Waals surface area contributed by atoms with Gasteiger partial charge in [0.05, 0.1) is 17.5 Å². The number of anilines is 1. The molecule has 3 aromatic rings. The Morgan fingerprint density at radius 2 is 2.06 bits per heavy atom. The molecule has 5 rings (SSSR count). The minimum atomic E-state index is -3.66. The van der Waals surface area contributed by atoms with E-state index < -0.39 is 10.2 Å². The number of hydrogen-bond acceptors (Lipinski definition) is 6. The fourth-order valence-electron chi connectivity index (χ4n) is 5.20. The van der Waals surface area contributed by atoms with E-state index in [1.807, 2.05) is 0 Å². The van der Waals surface area contributed by atoms with E-state index in [-0.39, 0.29) is 24.1 Å². The van der Waals surface area contributed by atoms with Crippen molar-refractivity contribution in [1.29, 1.82) is 0 Å². The Morgan fingerprint density at radius 3 is 2.88 bits per heavy atom. The van der Waals surface area contributed by atoms with E-state index in [2.05, 4.69) is 61.1 Å². The van der Waals surface area contributed by atoms with Crippen molar-refractivity contribution in [1.82, 2.24) is 19.3 Å². The molecule has 4 N–H and O–H groups in total. The van der Waals surface area contributed by atoms with E-state index in [1.54, 1.807) is 13.4 Å². The molecule has 2 aliphatic carbocycles. The van der Waals surface area contributed by atoms with Gasteiger partial charge in [0.2, 0.25) is 0 Å². The van der Waals surface area contributed by atoms with Gasteiger partial charge in [0.15, 0.2) is 0 Å². The molecule has 0 unspecified atom stereocenters. The number of fused-ring (bicyclic) bond motifs is 2. The lowest BCUT2D eigenvalue weighted by Gasteiger charge is -2.22. The van der Waals surface area contributed by atoms with Crippen molar-refractivity contribution in [3.63, 3.8) is 0 Å². The van der Waals surface area contributed by atoms with E-state index in [0.29, 0.717) is 6.54 Å². The monoisotopic (exact) mass is 456 g/mol. The lowest BCUT2D eigenvalue weighted by molar-refractivity contribution is 0.0960. The lowest BCUT2D eigenvalue weighted by atomic mass is 10.1. The molecule has 170 valence electrons. The Balaban J connectivity index is 1.37.